The first-order valence-corrected chi connectivity index (χ1v) is 8.50. The zero-order valence-corrected chi connectivity index (χ0v) is 14.3. The molecular weight excluding hydrogens is 340 g/mol. The minimum Gasteiger partial charge on any atom is -0.507 e. The third-order valence-electron chi connectivity index (χ3n) is 4.53. The maximum Gasteiger partial charge on any atom is 0.300 e. The van der Waals surface area contributed by atoms with E-state index < -0.39 is 17.7 Å². The number of carbonyl (C=O) groups excluding carboxylic acids is 2. The molecule has 0 saturated carbocycles. The van der Waals surface area contributed by atoms with Gasteiger partial charge in [0.15, 0.2) is 0 Å². The van der Waals surface area contributed by atoms with E-state index in [-0.39, 0.29) is 11.3 Å². The van der Waals surface area contributed by atoms with Crippen molar-refractivity contribution < 1.29 is 14.7 Å². The van der Waals surface area contributed by atoms with Crippen LogP contribution in [0.1, 0.15) is 17.2 Å². The quantitative estimate of drug-likeness (QED) is 0.441. The van der Waals surface area contributed by atoms with Gasteiger partial charge in [-0.15, -0.1) is 0 Å². The van der Waals surface area contributed by atoms with Gasteiger partial charge in [-0.1, -0.05) is 60.7 Å². The lowest BCUT2D eigenvalue weighted by molar-refractivity contribution is -0.132. The molecule has 0 radical (unpaired) electrons. The summed E-state index contributed by atoms with van der Waals surface area (Å²) in [5.74, 6) is -1.59. The highest BCUT2D eigenvalue weighted by atomic mass is 16.3. The molecule has 1 atom stereocenters. The van der Waals surface area contributed by atoms with E-state index in [2.05, 4.69) is 4.98 Å². The summed E-state index contributed by atoms with van der Waals surface area (Å²) in [6.45, 7) is 0. The number of amides is 1. The largest absolute Gasteiger partial charge is 0.507 e. The van der Waals surface area contributed by atoms with Gasteiger partial charge in [0.25, 0.3) is 11.7 Å². The SMILES string of the molecule is O=C1C(=O)N(c2cccnc2)C(c2ccccc2)C1=C(O)c1ccccc1. The van der Waals surface area contributed by atoms with Gasteiger partial charge in [0.2, 0.25) is 0 Å². The van der Waals surface area contributed by atoms with Gasteiger partial charge in [0.05, 0.1) is 23.5 Å². The topological polar surface area (TPSA) is 70.5 Å². The van der Waals surface area contributed by atoms with Gasteiger partial charge in [-0.25, -0.2) is 0 Å². The van der Waals surface area contributed by atoms with E-state index in [4.69, 9.17) is 0 Å². The molecule has 1 N–H and O–H groups in total. The molecule has 4 rings (SSSR count). The van der Waals surface area contributed by atoms with Gasteiger partial charge in [0, 0.05) is 11.8 Å². The predicted molar refractivity (Wildman–Crippen MR) is 102 cm³/mol. The van der Waals surface area contributed by atoms with Crippen LogP contribution in [0.15, 0.2) is 90.8 Å². The first kappa shape index (κ1) is 16.7. The highest BCUT2D eigenvalue weighted by Gasteiger charge is 2.46. The molecule has 27 heavy (non-hydrogen) atoms. The Bertz CT molecular complexity index is 1020. The molecule has 1 saturated heterocycles. The highest BCUT2D eigenvalue weighted by molar-refractivity contribution is 6.51. The fraction of sp³-hybridized carbons (Fsp3) is 0.0455. The van der Waals surface area contributed by atoms with Crippen molar-refractivity contribution in [1.82, 2.24) is 4.98 Å². The molecule has 2 aromatic carbocycles. The van der Waals surface area contributed by atoms with Gasteiger partial charge in [-0.2, -0.15) is 0 Å². The number of aromatic nitrogens is 1. The van der Waals surface area contributed by atoms with Crippen molar-refractivity contribution >= 4 is 23.1 Å². The molecule has 0 aliphatic carbocycles. The van der Waals surface area contributed by atoms with E-state index in [9.17, 15) is 14.7 Å². The number of aliphatic hydroxyl groups is 1. The summed E-state index contributed by atoms with van der Waals surface area (Å²) in [4.78, 5) is 31.1. The molecule has 1 aromatic heterocycles. The molecule has 3 aromatic rings. The van der Waals surface area contributed by atoms with Gasteiger partial charge in [0.1, 0.15) is 5.76 Å². The summed E-state index contributed by atoms with van der Waals surface area (Å²) >= 11 is 0. The van der Waals surface area contributed by atoms with Gasteiger partial charge < -0.3 is 5.11 Å². The van der Waals surface area contributed by atoms with E-state index in [0.717, 1.165) is 5.56 Å². The number of hydrogen-bond acceptors (Lipinski definition) is 4. The lowest BCUT2D eigenvalue weighted by atomic mass is 9.95. The normalized spacial score (nSPS) is 18.7. The number of hydrogen-bond donors (Lipinski definition) is 1. The average Bonchev–Trinajstić information content (AvgIpc) is 3.00. The van der Waals surface area contributed by atoms with Crippen LogP contribution in [0.2, 0.25) is 0 Å². The minimum atomic E-state index is -0.726. The summed E-state index contributed by atoms with van der Waals surface area (Å²) in [6, 6.07) is 20.6. The molecule has 5 nitrogen and oxygen atoms in total. The number of anilines is 1. The summed E-state index contributed by atoms with van der Waals surface area (Å²) in [7, 11) is 0. The standard InChI is InChI=1S/C22H16N2O3/c25-20(16-10-5-2-6-11-16)18-19(15-8-3-1-4-9-15)24(22(27)21(18)26)17-12-7-13-23-14-17/h1-14,19,25H. The van der Waals surface area contributed by atoms with Crippen molar-refractivity contribution in [2.24, 2.45) is 0 Å². The third kappa shape index (κ3) is 2.89. The summed E-state index contributed by atoms with van der Waals surface area (Å²) in [5.41, 5.74) is 1.79. The molecule has 0 spiro atoms. The number of Topliss-reactive ketones (excluding diaryl/α,β-unsaturated/α-hetero) is 1. The van der Waals surface area contributed by atoms with Crippen molar-refractivity contribution in [2.75, 3.05) is 4.90 Å². The predicted octanol–water partition coefficient (Wildman–Crippen LogP) is 3.71. The molecule has 1 aliphatic rings. The molecule has 0 bridgehead atoms. The molecule has 2 heterocycles. The third-order valence-corrected chi connectivity index (χ3v) is 4.53. The first-order valence-electron chi connectivity index (χ1n) is 8.50. The molecular formula is C22H16N2O3. The molecule has 1 amide bonds. The monoisotopic (exact) mass is 356 g/mol. The van der Waals surface area contributed by atoms with Gasteiger partial charge >= 0.3 is 0 Å². The summed E-state index contributed by atoms with van der Waals surface area (Å²) in [5, 5.41) is 10.9. The Balaban J connectivity index is 1.95. The van der Waals surface area contributed by atoms with E-state index >= 15 is 0 Å². The van der Waals surface area contributed by atoms with E-state index in [1.165, 1.54) is 11.1 Å². The number of aliphatic hydroxyl groups excluding tert-OH is 1. The molecule has 1 aliphatic heterocycles. The van der Waals surface area contributed by atoms with Crippen molar-refractivity contribution in [2.45, 2.75) is 6.04 Å². The van der Waals surface area contributed by atoms with Crippen LogP contribution in [0.3, 0.4) is 0 Å². The van der Waals surface area contributed by atoms with Crippen molar-refractivity contribution in [1.29, 1.82) is 0 Å². The van der Waals surface area contributed by atoms with Crippen molar-refractivity contribution in [3.63, 3.8) is 0 Å². The van der Waals surface area contributed by atoms with Crippen LogP contribution < -0.4 is 4.90 Å². The fourth-order valence-electron chi connectivity index (χ4n) is 3.30. The van der Waals surface area contributed by atoms with Crippen LogP contribution >= 0.6 is 0 Å². The number of nitrogens with zero attached hydrogens (tertiary/aromatic N) is 2. The summed E-state index contributed by atoms with van der Waals surface area (Å²) in [6.07, 6.45) is 3.13. The second-order valence-corrected chi connectivity index (χ2v) is 6.16. The Labute approximate surface area is 156 Å². The Hall–Kier alpha value is -3.73. The maximum atomic E-state index is 12.9. The van der Waals surface area contributed by atoms with Crippen LogP contribution in [0.25, 0.3) is 5.76 Å². The van der Waals surface area contributed by atoms with E-state index in [0.29, 0.717) is 11.3 Å². The number of pyridine rings is 1. The fourth-order valence-corrected chi connectivity index (χ4v) is 3.30. The van der Waals surface area contributed by atoms with Crippen molar-refractivity contribution in [3.8, 4) is 0 Å². The maximum absolute atomic E-state index is 12.9. The van der Waals surface area contributed by atoms with Crippen LogP contribution in [0.5, 0.6) is 0 Å². The second kappa shape index (κ2) is 6.88. The van der Waals surface area contributed by atoms with Crippen LogP contribution in [0.4, 0.5) is 5.69 Å². The van der Waals surface area contributed by atoms with Crippen LogP contribution in [-0.2, 0) is 9.59 Å². The van der Waals surface area contributed by atoms with Crippen LogP contribution in [-0.4, -0.2) is 21.8 Å². The first-order chi connectivity index (χ1) is 13.2. The zero-order chi connectivity index (χ0) is 18.8. The zero-order valence-electron chi connectivity index (χ0n) is 14.3. The molecule has 1 fully saturated rings. The smallest absolute Gasteiger partial charge is 0.300 e. The number of carbonyl (C=O) groups is 2. The Morgan fingerprint density at radius 2 is 1.56 bits per heavy atom. The Morgan fingerprint density at radius 3 is 2.19 bits per heavy atom. The lowest BCUT2D eigenvalue weighted by Crippen LogP contribution is -2.29. The molecule has 1 unspecified atom stereocenters. The molecule has 132 valence electrons. The Morgan fingerprint density at radius 1 is 0.889 bits per heavy atom. The number of benzene rings is 2. The van der Waals surface area contributed by atoms with E-state index in [1.807, 2.05) is 36.4 Å². The average molecular weight is 356 g/mol. The molecule has 5 heteroatoms. The van der Waals surface area contributed by atoms with Crippen LogP contribution in [0, 0.1) is 0 Å². The van der Waals surface area contributed by atoms with Gasteiger partial charge in [-0.3, -0.25) is 19.5 Å². The number of rotatable bonds is 3. The Kier molecular flexibility index (Phi) is 4.26. The second-order valence-electron chi connectivity index (χ2n) is 6.16. The summed E-state index contributed by atoms with van der Waals surface area (Å²) < 4.78 is 0. The highest BCUT2D eigenvalue weighted by Crippen LogP contribution is 2.41. The number of ketones is 1. The van der Waals surface area contributed by atoms with Gasteiger partial charge in [-0.05, 0) is 17.7 Å². The van der Waals surface area contributed by atoms with Crippen molar-refractivity contribution in [3.05, 3.63) is 102 Å². The minimum absolute atomic E-state index is 0.0706. The lowest BCUT2D eigenvalue weighted by Gasteiger charge is -2.25. The van der Waals surface area contributed by atoms with E-state index in [1.54, 1.807) is 42.6 Å².